The fourth-order valence-corrected chi connectivity index (χ4v) is 3.90. The van der Waals surface area contributed by atoms with Gasteiger partial charge in [-0.3, -0.25) is 0 Å². The van der Waals surface area contributed by atoms with Crippen molar-refractivity contribution in [1.82, 2.24) is 0 Å². The number of ether oxygens (including phenoxy) is 1. The van der Waals surface area contributed by atoms with Gasteiger partial charge in [0, 0.05) is 4.57 Å². The topological polar surface area (TPSA) is 55.8 Å². The molecule has 0 fully saturated rings. The third kappa shape index (κ3) is 7.73. The fraction of sp³-hybridized carbons (Fsp3) is 0.714. The maximum Gasteiger partial charge on any atom is 0.695 e. The lowest BCUT2D eigenvalue weighted by molar-refractivity contribution is 0.0535. The van der Waals surface area contributed by atoms with Gasteiger partial charge < -0.3 is 4.74 Å². The van der Waals surface area contributed by atoms with Crippen LogP contribution in [-0.4, -0.2) is 11.5 Å². The second kappa shape index (κ2) is 11.7. The summed E-state index contributed by atoms with van der Waals surface area (Å²) in [4.78, 5) is 9.19. The number of hydrogen-bond donors (Lipinski definition) is 1. The maximum absolute atomic E-state index is 11.2. The van der Waals surface area contributed by atoms with Gasteiger partial charge in [0.15, 0.2) is 5.60 Å². The molecule has 0 spiro atoms. The van der Waals surface area contributed by atoms with Gasteiger partial charge in [-0.1, -0.05) is 66.0 Å². The van der Waals surface area contributed by atoms with Crippen LogP contribution in [0.2, 0.25) is 0 Å². The second-order valence-corrected chi connectivity index (χ2v) is 8.28. The van der Waals surface area contributed by atoms with Crippen LogP contribution in [0.3, 0.4) is 0 Å². The van der Waals surface area contributed by atoms with Gasteiger partial charge in [-0.25, -0.2) is 0 Å². The van der Waals surface area contributed by atoms with Crippen molar-refractivity contribution in [3.63, 3.8) is 0 Å². The highest BCUT2D eigenvalue weighted by atomic mass is 31.1. The Balaban J connectivity index is 2.52. The summed E-state index contributed by atoms with van der Waals surface area (Å²) in [5.41, 5.74) is 0.195. The predicted octanol–water partition coefficient (Wildman–Crippen LogP) is 6.60. The Morgan fingerprint density at radius 1 is 1.04 bits per heavy atom. The summed E-state index contributed by atoms with van der Waals surface area (Å²) in [6.07, 6.45) is 6.18. The third-order valence-electron chi connectivity index (χ3n) is 5.13. The normalized spacial score (nSPS) is 13.7. The van der Waals surface area contributed by atoms with Crippen LogP contribution in [0.1, 0.15) is 78.7 Å². The SMILES string of the molecule is CCC(CC)(O[P+](=O)O)c1ccc(OCCC(C)CCCC(C)C)cc1. The zero-order valence-electron chi connectivity index (χ0n) is 17.0. The molecule has 4 nitrogen and oxygen atoms in total. The molecule has 1 N–H and O–H groups in total. The van der Waals surface area contributed by atoms with Crippen LogP contribution < -0.4 is 4.74 Å². The average Bonchev–Trinajstić information content (AvgIpc) is 2.60. The zero-order chi connectivity index (χ0) is 19.6. The van der Waals surface area contributed by atoms with Crippen LogP contribution in [0.5, 0.6) is 5.75 Å². The van der Waals surface area contributed by atoms with E-state index in [1.165, 1.54) is 19.3 Å². The smallest absolute Gasteiger partial charge is 0.494 e. The van der Waals surface area contributed by atoms with E-state index in [1.54, 1.807) is 0 Å². The van der Waals surface area contributed by atoms with Crippen molar-refractivity contribution in [1.29, 1.82) is 0 Å². The first-order valence-electron chi connectivity index (χ1n) is 9.91. The molecule has 1 aromatic carbocycles. The summed E-state index contributed by atoms with van der Waals surface area (Å²) < 4.78 is 22.4. The Kier molecular flexibility index (Phi) is 10.4. The highest BCUT2D eigenvalue weighted by Gasteiger charge is 2.39. The molecule has 0 aliphatic carbocycles. The molecule has 0 saturated carbocycles. The maximum atomic E-state index is 11.2. The van der Waals surface area contributed by atoms with E-state index >= 15 is 0 Å². The van der Waals surface area contributed by atoms with Gasteiger partial charge in [-0.15, -0.1) is 9.42 Å². The predicted molar refractivity (Wildman–Crippen MR) is 108 cm³/mol. The van der Waals surface area contributed by atoms with Gasteiger partial charge in [0.2, 0.25) is 0 Å². The minimum absolute atomic E-state index is 0.638. The summed E-state index contributed by atoms with van der Waals surface area (Å²) in [5.74, 6) is 2.29. The van der Waals surface area contributed by atoms with Crippen molar-refractivity contribution in [2.45, 2.75) is 78.7 Å². The molecule has 0 radical (unpaired) electrons. The number of benzene rings is 1. The molecular formula is C21H36O4P+. The van der Waals surface area contributed by atoms with Crippen molar-refractivity contribution in [3.05, 3.63) is 29.8 Å². The molecule has 148 valence electrons. The Morgan fingerprint density at radius 3 is 2.15 bits per heavy atom. The Labute approximate surface area is 160 Å². The van der Waals surface area contributed by atoms with Gasteiger partial charge in [0.25, 0.3) is 0 Å². The van der Waals surface area contributed by atoms with E-state index < -0.39 is 13.9 Å². The van der Waals surface area contributed by atoms with Crippen LogP contribution in [0.25, 0.3) is 0 Å². The molecule has 26 heavy (non-hydrogen) atoms. The van der Waals surface area contributed by atoms with Gasteiger partial charge in [0.05, 0.1) is 6.61 Å². The van der Waals surface area contributed by atoms with E-state index in [1.807, 2.05) is 38.1 Å². The van der Waals surface area contributed by atoms with E-state index in [2.05, 4.69) is 20.8 Å². The van der Waals surface area contributed by atoms with Crippen LogP contribution in [-0.2, 0) is 14.7 Å². The molecule has 1 aromatic rings. The highest BCUT2D eigenvalue weighted by Crippen LogP contribution is 2.40. The molecule has 0 heterocycles. The van der Waals surface area contributed by atoms with Gasteiger partial charge in [0.1, 0.15) is 5.75 Å². The quantitative estimate of drug-likeness (QED) is 0.390. The van der Waals surface area contributed by atoms with Crippen molar-refractivity contribution >= 4 is 8.25 Å². The third-order valence-corrected chi connectivity index (χ3v) is 5.64. The molecule has 0 aliphatic heterocycles. The van der Waals surface area contributed by atoms with Crippen LogP contribution in [0, 0.1) is 11.8 Å². The van der Waals surface area contributed by atoms with E-state index in [-0.39, 0.29) is 0 Å². The monoisotopic (exact) mass is 383 g/mol. The average molecular weight is 383 g/mol. The van der Waals surface area contributed by atoms with E-state index in [9.17, 15) is 9.46 Å². The molecule has 2 atom stereocenters. The summed E-state index contributed by atoms with van der Waals surface area (Å²) in [6.45, 7) is 11.5. The standard InChI is InChI=1S/C21H35O4P/c1-6-21(7-2,25-26(22)23)19-11-13-20(14-12-19)24-16-15-18(5)10-8-9-17(3)4/h11-14,17-18H,6-10,15-16H2,1-5H3/p+1. The van der Waals surface area contributed by atoms with Crippen molar-refractivity contribution in [2.75, 3.05) is 6.61 Å². The van der Waals surface area contributed by atoms with Crippen LogP contribution in [0.15, 0.2) is 24.3 Å². The molecule has 0 amide bonds. The Hall–Kier alpha value is -0.960. The first kappa shape index (κ1) is 23.1. The number of hydrogen-bond acceptors (Lipinski definition) is 3. The molecule has 1 rings (SSSR count). The lowest BCUT2D eigenvalue weighted by atomic mass is 9.89. The first-order chi connectivity index (χ1) is 12.3. The van der Waals surface area contributed by atoms with Crippen molar-refractivity contribution in [3.8, 4) is 5.75 Å². The second-order valence-electron chi connectivity index (χ2n) is 7.62. The van der Waals surface area contributed by atoms with E-state index in [0.717, 1.165) is 23.7 Å². The molecular weight excluding hydrogens is 347 g/mol. The van der Waals surface area contributed by atoms with Crippen molar-refractivity contribution < 1.29 is 18.7 Å². The van der Waals surface area contributed by atoms with Gasteiger partial charge in [-0.05, 0) is 48.8 Å². The molecule has 0 aliphatic rings. The van der Waals surface area contributed by atoms with Gasteiger partial charge in [-0.2, -0.15) is 0 Å². The minimum atomic E-state index is -2.64. The molecule has 0 saturated heterocycles. The summed E-state index contributed by atoms with van der Waals surface area (Å²) >= 11 is 0. The number of rotatable bonds is 13. The Morgan fingerprint density at radius 2 is 1.65 bits per heavy atom. The van der Waals surface area contributed by atoms with Gasteiger partial charge >= 0.3 is 8.25 Å². The van der Waals surface area contributed by atoms with E-state index in [4.69, 9.17) is 9.26 Å². The largest absolute Gasteiger partial charge is 0.695 e. The van der Waals surface area contributed by atoms with Crippen LogP contribution >= 0.6 is 8.25 Å². The highest BCUT2D eigenvalue weighted by molar-refractivity contribution is 7.32. The molecule has 2 unspecified atom stereocenters. The molecule has 5 heteroatoms. The zero-order valence-corrected chi connectivity index (χ0v) is 17.9. The van der Waals surface area contributed by atoms with E-state index in [0.29, 0.717) is 25.4 Å². The lowest BCUT2D eigenvalue weighted by Gasteiger charge is -2.25. The van der Waals surface area contributed by atoms with Crippen LogP contribution in [0.4, 0.5) is 0 Å². The Bertz CT molecular complexity index is 523. The fourth-order valence-electron chi connectivity index (χ4n) is 3.24. The van der Waals surface area contributed by atoms with Crippen molar-refractivity contribution in [2.24, 2.45) is 11.8 Å². The summed E-state index contributed by atoms with van der Waals surface area (Å²) in [7, 11) is -2.64. The first-order valence-corrected chi connectivity index (χ1v) is 11.0. The lowest BCUT2D eigenvalue weighted by Crippen LogP contribution is -2.25. The minimum Gasteiger partial charge on any atom is -0.494 e. The summed E-state index contributed by atoms with van der Waals surface area (Å²) in [6, 6.07) is 7.72. The molecule has 0 bridgehead atoms. The summed E-state index contributed by atoms with van der Waals surface area (Å²) in [5, 5.41) is 0. The molecule has 0 aromatic heterocycles.